The second kappa shape index (κ2) is 7.75. The lowest BCUT2D eigenvalue weighted by molar-refractivity contribution is 0.0954. The summed E-state index contributed by atoms with van der Waals surface area (Å²) >= 11 is 8.92. The molecule has 0 spiro atoms. The van der Waals surface area contributed by atoms with Crippen LogP contribution in [0, 0.1) is 12.8 Å². The summed E-state index contributed by atoms with van der Waals surface area (Å²) in [6.07, 6.45) is 3.37. The second-order valence-electron chi connectivity index (χ2n) is 5.86. The first-order chi connectivity index (χ1) is 11.1. The van der Waals surface area contributed by atoms with Crippen molar-refractivity contribution in [1.82, 2.24) is 15.6 Å². The molecular weight excluding hydrogens is 350 g/mol. The van der Waals surface area contributed by atoms with E-state index in [2.05, 4.69) is 15.6 Å². The fourth-order valence-electron chi connectivity index (χ4n) is 2.78. The number of thiazole rings is 1. The summed E-state index contributed by atoms with van der Waals surface area (Å²) in [7, 11) is 0. The van der Waals surface area contributed by atoms with Gasteiger partial charge < -0.3 is 10.6 Å². The molecule has 2 aromatic heterocycles. The van der Waals surface area contributed by atoms with Crippen molar-refractivity contribution in [2.45, 2.75) is 32.7 Å². The molecule has 7 heteroatoms. The number of aromatic nitrogens is 1. The van der Waals surface area contributed by atoms with Crippen LogP contribution in [0.2, 0.25) is 4.34 Å². The van der Waals surface area contributed by atoms with E-state index in [0.717, 1.165) is 45.0 Å². The summed E-state index contributed by atoms with van der Waals surface area (Å²) in [4.78, 5) is 17.7. The Morgan fingerprint density at radius 3 is 2.96 bits per heavy atom. The van der Waals surface area contributed by atoms with Gasteiger partial charge in [-0.05, 0) is 55.8 Å². The smallest absolute Gasteiger partial charge is 0.263 e. The first-order valence-corrected chi connectivity index (χ1v) is 9.87. The number of aryl methyl sites for hydroxylation is 1. The topological polar surface area (TPSA) is 54.0 Å². The molecule has 3 heterocycles. The molecule has 124 valence electrons. The minimum Gasteiger partial charge on any atom is -0.347 e. The van der Waals surface area contributed by atoms with E-state index in [0.29, 0.717) is 12.5 Å². The van der Waals surface area contributed by atoms with Gasteiger partial charge in [-0.2, -0.15) is 0 Å². The van der Waals surface area contributed by atoms with Gasteiger partial charge in [-0.25, -0.2) is 4.98 Å². The lowest BCUT2D eigenvalue weighted by Crippen LogP contribution is -2.28. The number of hydrogen-bond donors (Lipinski definition) is 2. The molecule has 0 radical (unpaired) electrons. The molecule has 1 aliphatic heterocycles. The monoisotopic (exact) mass is 369 g/mol. The first-order valence-electron chi connectivity index (χ1n) is 7.80. The van der Waals surface area contributed by atoms with E-state index in [1.54, 1.807) is 0 Å². The number of hydrogen-bond acceptors (Lipinski definition) is 5. The molecule has 0 aromatic carbocycles. The second-order valence-corrected chi connectivity index (χ2v) is 8.49. The molecule has 4 nitrogen and oxygen atoms in total. The Labute approximate surface area is 149 Å². The van der Waals surface area contributed by atoms with Gasteiger partial charge in [0.25, 0.3) is 5.91 Å². The van der Waals surface area contributed by atoms with Crippen LogP contribution in [-0.2, 0) is 13.0 Å². The Morgan fingerprint density at radius 2 is 2.26 bits per heavy atom. The highest BCUT2D eigenvalue weighted by Gasteiger charge is 2.19. The number of amides is 1. The molecule has 2 aromatic rings. The van der Waals surface area contributed by atoms with Crippen LogP contribution in [0.25, 0.3) is 0 Å². The van der Waals surface area contributed by atoms with Crippen LogP contribution in [0.1, 0.15) is 38.8 Å². The molecule has 3 rings (SSSR count). The fraction of sp³-hybridized carbons (Fsp3) is 0.500. The summed E-state index contributed by atoms with van der Waals surface area (Å²) in [6, 6.07) is 1.88. The van der Waals surface area contributed by atoms with Crippen molar-refractivity contribution >= 4 is 40.2 Å². The number of nitrogens with one attached hydrogen (secondary N) is 2. The van der Waals surface area contributed by atoms with Gasteiger partial charge in [0.2, 0.25) is 0 Å². The van der Waals surface area contributed by atoms with Crippen LogP contribution < -0.4 is 10.6 Å². The zero-order chi connectivity index (χ0) is 16.2. The fourth-order valence-corrected chi connectivity index (χ4v) is 4.79. The number of carbonyl (C=O) groups excluding carboxylic acids is 1. The Bertz CT molecular complexity index is 677. The summed E-state index contributed by atoms with van der Waals surface area (Å²) in [5, 5.41) is 9.38. The zero-order valence-corrected chi connectivity index (χ0v) is 15.4. The number of rotatable bonds is 5. The molecule has 2 N–H and O–H groups in total. The van der Waals surface area contributed by atoms with Gasteiger partial charge in [0, 0.05) is 13.0 Å². The standard InChI is InChI=1S/C16H20ClN3OS2/c1-10-15(16(21)19-8-12-6-13(17)22-9-12)23-14(20-10)7-11-2-4-18-5-3-11/h6,9,11,18H,2-5,7-8H2,1H3,(H,19,21). The van der Waals surface area contributed by atoms with Gasteiger partial charge in [-0.1, -0.05) is 11.6 Å². The van der Waals surface area contributed by atoms with E-state index in [9.17, 15) is 4.79 Å². The lowest BCUT2D eigenvalue weighted by Gasteiger charge is -2.21. The van der Waals surface area contributed by atoms with Crippen LogP contribution in [0.5, 0.6) is 0 Å². The SMILES string of the molecule is Cc1nc(CC2CCNCC2)sc1C(=O)NCc1csc(Cl)c1. The molecule has 0 saturated carbocycles. The predicted molar refractivity (Wildman–Crippen MR) is 96.6 cm³/mol. The van der Waals surface area contributed by atoms with E-state index in [-0.39, 0.29) is 5.91 Å². The average molecular weight is 370 g/mol. The van der Waals surface area contributed by atoms with Crippen molar-refractivity contribution in [2.24, 2.45) is 5.92 Å². The Balaban J connectivity index is 1.59. The highest BCUT2D eigenvalue weighted by molar-refractivity contribution is 7.14. The molecule has 1 fully saturated rings. The highest BCUT2D eigenvalue weighted by atomic mass is 35.5. The largest absolute Gasteiger partial charge is 0.347 e. The maximum atomic E-state index is 12.4. The Hall–Kier alpha value is -0.950. The van der Waals surface area contributed by atoms with Crippen molar-refractivity contribution in [3.05, 3.63) is 36.9 Å². The lowest BCUT2D eigenvalue weighted by atomic mass is 9.95. The zero-order valence-electron chi connectivity index (χ0n) is 13.0. The van der Waals surface area contributed by atoms with E-state index in [1.807, 2.05) is 18.4 Å². The van der Waals surface area contributed by atoms with Crippen molar-refractivity contribution in [1.29, 1.82) is 0 Å². The van der Waals surface area contributed by atoms with Crippen LogP contribution >= 0.6 is 34.3 Å². The third-order valence-corrected chi connectivity index (χ3v) is 6.36. The van der Waals surface area contributed by atoms with Gasteiger partial charge in [0.15, 0.2) is 0 Å². The summed E-state index contributed by atoms with van der Waals surface area (Å²) < 4.78 is 0.743. The number of nitrogens with zero attached hydrogens (tertiary/aromatic N) is 1. The first kappa shape index (κ1) is 16.9. The molecular formula is C16H20ClN3OS2. The number of carbonyl (C=O) groups is 1. The minimum atomic E-state index is -0.0427. The number of thiophene rings is 1. The van der Waals surface area contributed by atoms with E-state index >= 15 is 0 Å². The normalized spacial score (nSPS) is 15.7. The third-order valence-electron chi connectivity index (χ3n) is 4.04. The van der Waals surface area contributed by atoms with Crippen LogP contribution in [0.15, 0.2) is 11.4 Å². The predicted octanol–water partition coefficient (Wildman–Crippen LogP) is 3.64. The minimum absolute atomic E-state index is 0.0427. The molecule has 0 unspecified atom stereocenters. The maximum absolute atomic E-state index is 12.4. The number of halogens is 1. The van der Waals surface area contributed by atoms with Gasteiger partial charge in [0.05, 0.1) is 15.0 Å². The molecule has 23 heavy (non-hydrogen) atoms. The molecule has 0 bridgehead atoms. The molecule has 0 aliphatic carbocycles. The van der Waals surface area contributed by atoms with Crippen LogP contribution in [0.3, 0.4) is 0 Å². The molecule has 0 atom stereocenters. The quantitative estimate of drug-likeness (QED) is 0.846. The van der Waals surface area contributed by atoms with Gasteiger partial charge >= 0.3 is 0 Å². The average Bonchev–Trinajstić information content (AvgIpc) is 3.12. The van der Waals surface area contributed by atoms with E-state index in [1.165, 1.54) is 35.5 Å². The molecule has 1 amide bonds. The van der Waals surface area contributed by atoms with Crippen molar-refractivity contribution in [2.75, 3.05) is 13.1 Å². The Kier molecular flexibility index (Phi) is 5.69. The number of piperidine rings is 1. The Morgan fingerprint density at radius 1 is 1.48 bits per heavy atom. The summed E-state index contributed by atoms with van der Waals surface area (Å²) in [5.74, 6) is 0.643. The van der Waals surface area contributed by atoms with Crippen LogP contribution in [0.4, 0.5) is 0 Å². The highest BCUT2D eigenvalue weighted by Crippen LogP contribution is 2.24. The van der Waals surface area contributed by atoms with E-state index in [4.69, 9.17) is 11.6 Å². The van der Waals surface area contributed by atoms with Crippen molar-refractivity contribution in [3.63, 3.8) is 0 Å². The van der Waals surface area contributed by atoms with Crippen molar-refractivity contribution in [3.8, 4) is 0 Å². The van der Waals surface area contributed by atoms with Gasteiger partial charge in [-0.3, -0.25) is 4.79 Å². The van der Waals surface area contributed by atoms with Crippen LogP contribution in [-0.4, -0.2) is 24.0 Å². The summed E-state index contributed by atoms with van der Waals surface area (Å²) in [5.41, 5.74) is 1.87. The van der Waals surface area contributed by atoms with Crippen molar-refractivity contribution < 1.29 is 4.79 Å². The maximum Gasteiger partial charge on any atom is 0.263 e. The summed E-state index contributed by atoms with van der Waals surface area (Å²) in [6.45, 7) is 4.60. The van der Waals surface area contributed by atoms with Gasteiger partial charge in [0.1, 0.15) is 4.88 Å². The molecule has 1 aliphatic rings. The molecule has 1 saturated heterocycles. The van der Waals surface area contributed by atoms with E-state index < -0.39 is 0 Å². The van der Waals surface area contributed by atoms with Gasteiger partial charge in [-0.15, -0.1) is 22.7 Å². The third kappa shape index (κ3) is 4.53.